The molecule has 0 atom stereocenters. The molecule has 0 radical (unpaired) electrons. The van der Waals surface area contributed by atoms with Gasteiger partial charge in [0.15, 0.2) is 0 Å². The van der Waals surface area contributed by atoms with Gasteiger partial charge in [0.05, 0.1) is 0 Å². The molecule has 9 heteroatoms. The molecule has 0 aromatic carbocycles. The molecule has 1 aliphatic rings. The molecule has 0 spiro atoms. The number of sulfonamides is 1. The van der Waals surface area contributed by atoms with Crippen molar-refractivity contribution in [3.63, 3.8) is 0 Å². The summed E-state index contributed by atoms with van der Waals surface area (Å²) in [5.74, 6) is 0. The Kier molecular flexibility index (Phi) is 3.76. The topological polar surface area (TPSA) is 50.3 Å². The number of alkyl halides is 3. The predicted molar refractivity (Wildman–Crippen MR) is 62.2 cm³/mol. The van der Waals surface area contributed by atoms with E-state index in [0.29, 0.717) is 17.1 Å². The zero-order chi connectivity index (χ0) is 14.3. The minimum absolute atomic E-state index is 0.324. The number of nitrogens with zero attached hydrogens (tertiary/aromatic N) is 2. The first-order valence-corrected chi connectivity index (χ1v) is 7.23. The SMILES string of the molecule is O=S(=O)(c1cccnc1Cl)N(CC(F)(F)F)C1CC1. The van der Waals surface area contributed by atoms with E-state index in [9.17, 15) is 21.6 Å². The van der Waals surface area contributed by atoms with Gasteiger partial charge in [0.1, 0.15) is 16.6 Å². The van der Waals surface area contributed by atoms with E-state index in [-0.39, 0.29) is 5.15 Å². The van der Waals surface area contributed by atoms with Gasteiger partial charge in [-0.15, -0.1) is 0 Å². The van der Waals surface area contributed by atoms with Gasteiger partial charge < -0.3 is 0 Å². The first kappa shape index (κ1) is 14.5. The molecule has 0 N–H and O–H groups in total. The van der Waals surface area contributed by atoms with Crippen molar-refractivity contribution in [2.75, 3.05) is 6.54 Å². The molecule has 0 unspecified atom stereocenters. The third-order valence-corrected chi connectivity index (χ3v) is 4.94. The van der Waals surface area contributed by atoms with Crippen molar-refractivity contribution in [3.05, 3.63) is 23.5 Å². The van der Waals surface area contributed by atoms with Gasteiger partial charge in [-0.1, -0.05) is 11.6 Å². The standard InChI is InChI=1S/C10H10ClF3N2O2S/c11-9-8(2-1-5-15-9)19(17,18)16(7-3-4-7)6-10(12,13)14/h1-2,5,7H,3-4,6H2. The fraction of sp³-hybridized carbons (Fsp3) is 0.500. The van der Waals surface area contributed by atoms with Gasteiger partial charge in [-0.25, -0.2) is 13.4 Å². The Morgan fingerprint density at radius 3 is 2.53 bits per heavy atom. The van der Waals surface area contributed by atoms with Crippen LogP contribution in [0.15, 0.2) is 23.2 Å². The van der Waals surface area contributed by atoms with Crippen molar-refractivity contribution in [2.24, 2.45) is 0 Å². The highest BCUT2D eigenvalue weighted by atomic mass is 35.5. The van der Waals surface area contributed by atoms with E-state index in [4.69, 9.17) is 11.6 Å². The normalized spacial score (nSPS) is 16.9. The lowest BCUT2D eigenvalue weighted by Gasteiger charge is -2.23. The van der Waals surface area contributed by atoms with Crippen LogP contribution < -0.4 is 0 Å². The number of hydrogen-bond donors (Lipinski definition) is 0. The quantitative estimate of drug-likeness (QED) is 0.802. The zero-order valence-corrected chi connectivity index (χ0v) is 11.1. The lowest BCUT2D eigenvalue weighted by molar-refractivity contribution is -0.137. The number of pyridine rings is 1. The van der Waals surface area contributed by atoms with Crippen molar-refractivity contribution < 1.29 is 21.6 Å². The van der Waals surface area contributed by atoms with Crippen LogP contribution >= 0.6 is 11.6 Å². The Morgan fingerprint density at radius 1 is 1.42 bits per heavy atom. The summed E-state index contributed by atoms with van der Waals surface area (Å²) in [6.45, 7) is -1.51. The van der Waals surface area contributed by atoms with Crippen molar-refractivity contribution in [1.82, 2.24) is 9.29 Å². The van der Waals surface area contributed by atoms with Crippen LogP contribution in [0.25, 0.3) is 0 Å². The molecule has 0 saturated heterocycles. The molecule has 0 aliphatic heterocycles. The van der Waals surface area contributed by atoms with Crippen LogP contribution in [-0.2, 0) is 10.0 Å². The van der Waals surface area contributed by atoms with Crippen molar-refractivity contribution >= 4 is 21.6 Å². The van der Waals surface area contributed by atoms with E-state index in [1.54, 1.807) is 0 Å². The summed E-state index contributed by atoms with van der Waals surface area (Å²) >= 11 is 5.65. The maximum absolute atomic E-state index is 12.5. The number of aromatic nitrogens is 1. The molecule has 1 heterocycles. The summed E-state index contributed by atoms with van der Waals surface area (Å²) < 4.78 is 62.3. The maximum atomic E-state index is 12.5. The summed E-state index contributed by atoms with van der Waals surface area (Å²) in [6.07, 6.45) is -2.47. The van der Waals surface area contributed by atoms with Gasteiger partial charge in [-0.3, -0.25) is 0 Å². The molecule has 2 rings (SSSR count). The van der Waals surface area contributed by atoms with E-state index in [1.165, 1.54) is 12.3 Å². The van der Waals surface area contributed by atoms with Crippen molar-refractivity contribution in [3.8, 4) is 0 Å². The minimum atomic E-state index is -4.59. The van der Waals surface area contributed by atoms with E-state index in [1.807, 2.05) is 0 Å². The van der Waals surface area contributed by atoms with Crippen molar-refractivity contribution in [2.45, 2.75) is 30.0 Å². The van der Waals surface area contributed by atoms with E-state index in [2.05, 4.69) is 4.98 Å². The highest BCUT2D eigenvalue weighted by molar-refractivity contribution is 7.89. The Morgan fingerprint density at radius 2 is 2.05 bits per heavy atom. The molecule has 1 aromatic rings. The third kappa shape index (κ3) is 3.37. The predicted octanol–water partition coefficient (Wildman–Crippen LogP) is 2.45. The average Bonchev–Trinajstić information content (AvgIpc) is 3.08. The zero-order valence-electron chi connectivity index (χ0n) is 9.56. The van der Waals surface area contributed by atoms with Crippen LogP contribution in [0.2, 0.25) is 5.15 Å². The molecular formula is C10H10ClF3N2O2S. The number of rotatable bonds is 4. The summed E-state index contributed by atoms with van der Waals surface area (Å²) in [4.78, 5) is 3.19. The molecule has 4 nitrogen and oxygen atoms in total. The Bertz CT molecular complexity index is 572. The molecular weight excluding hydrogens is 305 g/mol. The lowest BCUT2D eigenvalue weighted by Crippen LogP contribution is -2.40. The second-order valence-electron chi connectivity index (χ2n) is 4.19. The highest BCUT2D eigenvalue weighted by Crippen LogP contribution is 2.35. The van der Waals surface area contributed by atoms with Gasteiger partial charge in [0.2, 0.25) is 10.0 Å². The Balaban J connectivity index is 2.38. The van der Waals surface area contributed by atoms with Crippen LogP contribution in [0.3, 0.4) is 0 Å². The van der Waals surface area contributed by atoms with Gasteiger partial charge >= 0.3 is 6.18 Å². The summed E-state index contributed by atoms with van der Waals surface area (Å²) in [5.41, 5.74) is 0. The van der Waals surface area contributed by atoms with Crippen molar-refractivity contribution in [1.29, 1.82) is 0 Å². The van der Waals surface area contributed by atoms with Crippen LogP contribution in [0.1, 0.15) is 12.8 Å². The van der Waals surface area contributed by atoms with Gasteiger partial charge in [-0.05, 0) is 25.0 Å². The fourth-order valence-electron chi connectivity index (χ4n) is 1.64. The summed E-state index contributed by atoms with van der Waals surface area (Å²) in [6, 6.07) is 1.86. The Hall–Kier alpha value is -0.860. The summed E-state index contributed by atoms with van der Waals surface area (Å²) in [7, 11) is -4.28. The molecule has 1 aromatic heterocycles. The number of halogens is 4. The van der Waals surface area contributed by atoms with Gasteiger partial charge in [-0.2, -0.15) is 17.5 Å². The molecule has 1 fully saturated rings. The molecule has 1 aliphatic carbocycles. The maximum Gasteiger partial charge on any atom is 0.402 e. The molecule has 1 saturated carbocycles. The van der Waals surface area contributed by atoms with Crippen LogP contribution in [0, 0.1) is 0 Å². The Labute approximate surface area is 113 Å². The van der Waals surface area contributed by atoms with Crippen LogP contribution in [-0.4, -0.2) is 36.5 Å². The van der Waals surface area contributed by atoms with E-state index >= 15 is 0 Å². The van der Waals surface area contributed by atoms with Crippen LogP contribution in [0.5, 0.6) is 0 Å². The summed E-state index contributed by atoms with van der Waals surface area (Å²) in [5, 5.41) is -0.324. The largest absolute Gasteiger partial charge is 0.402 e. The smallest absolute Gasteiger partial charge is 0.243 e. The third-order valence-electron chi connectivity index (χ3n) is 2.60. The van der Waals surface area contributed by atoms with Gasteiger partial charge in [0.25, 0.3) is 0 Å². The molecule has 19 heavy (non-hydrogen) atoms. The minimum Gasteiger partial charge on any atom is -0.243 e. The first-order chi connectivity index (χ1) is 8.72. The monoisotopic (exact) mass is 314 g/mol. The van der Waals surface area contributed by atoms with E-state index < -0.39 is 33.7 Å². The van der Waals surface area contributed by atoms with Crippen LogP contribution in [0.4, 0.5) is 13.2 Å². The second-order valence-corrected chi connectivity index (χ2v) is 6.41. The molecule has 0 bridgehead atoms. The van der Waals surface area contributed by atoms with E-state index in [0.717, 1.165) is 6.07 Å². The second kappa shape index (κ2) is 4.92. The number of hydrogen-bond acceptors (Lipinski definition) is 3. The highest BCUT2D eigenvalue weighted by Gasteiger charge is 2.45. The molecule has 0 amide bonds. The van der Waals surface area contributed by atoms with Gasteiger partial charge in [0, 0.05) is 12.2 Å². The lowest BCUT2D eigenvalue weighted by atomic mass is 10.5. The molecule has 106 valence electrons. The first-order valence-electron chi connectivity index (χ1n) is 5.41. The fourth-order valence-corrected chi connectivity index (χ4v) is 3.74. The average molecular weight is 315 g/mol.